The lowest BCUT2D eigenvalue weighted by Gasteiger charge is -2.28. The standard InChI is InChI=1S/C28H28N6OS/c1-20-9-2-3-11-22(20)31-25(35)14-18-34-27(26(32-28(34)36)23-12-5-7-16-30-23)24-13-8-17-33(24)19-21-10-4-6-15-29-21/h2-13,15-17,26-27H,14,18-19H2,1H3,(H,31,35)(H,32,36). The molecule has 8 heteroatoms. The van der Waals surface area contributed by atoms with E-state index >= 15 is 0 Å². The fourth-order valence-electron chi connectivity index (χ4n) is 4.62. The number of thiocarbonyl (C=S) groups is 1. The Balaban J connectivity index is 1.40. The van der Waals surface area contributed by atoms with Gasteiger partial charge >= 0.3 is 0 Å². The molecule has 0 spiro atoms. The summed E-state index contributed by atoms with van der Waals surface area (Å²) in [6.07, 6.45) is 5.97. The van der Waals surface area contributed by atoms with E-state index in [4.69, 9.17) is 12.2 Å². The van der Waals surface area contributed by atoms with Crippen molar-refractivity contribution in [2.45, 2.75) is 32.0 Å². The van der Waals surface area contributed by atoms with Crippen molar-refractivity contribution in [1.82, 2.24) is 24.8 Å². The Kier molecular flexibility index (Phi) is 7.04. The number of aromatic nitrogens is 3. The predicted octanol–water partition coefficient (Wildman–Crippen LogP) is 4.64. The first-order chi connectivity index (χ1) is 17.6. The number of carbonyl (C=O) groups excluding carboxylic acids is 1. The molecule has 1 aliphatic rings. The van der Waals surface area contributed by atoms with E-state index in [9.17, 15) is 4.79 Å². The van der Waals surface area contributed by atoms with Gasteiger partial charge in [0.25, 0.3) is 0 Å². The van der Waals surface area contributed by atoms with E-state index in [-0.39, 0.29) is 18.0 Å². The van der Waals surface area contributed by atoms with E-state index in [0.29, 0.717) is 24.6 Å². The average Bonchev–Trinajstić information content (AvgIpc) is 3.48. The Hall–Kier alpha value is -4.04. The van der Waals surface area contributed by atoms with Crippen molar-refractivity contribution in [2.75, 3.05) is 11.9 Å². The molecule has 0 bridgehead atoms. The van der Waals surface area contributed by atoms with Gasteiger partial charge in [0.2, 0.25) is 5.91 Å². The van der Waals surface area contributed by atoms with Crippen molar-refractivity contribution in [2.24, 2.45) is 0 Å². The number of hydrogen-bond donors (Lipinski definition) is 2. The maximum absolute atomic E-state index is 12.9. The summed E-state index contributed by atoms with van der Waals surface area (Å²) in [6, 6.07) is 23.5. The van der Waals surface area contributed by atoms with Gasteiger partial charge in [-0.3, -0.25) is 14.8 Å². The zero-order valence-electron chi connectivity index (χ0n) is 20.0. The van der Waals surface area contributed by atoms with Gasteiger partial charge in [0, 0.05) is 42.9 Å². The van der Waals surface area contributed by atoms with Crippen LogP contribution >= 0.6 is 12.2 Å². The second-order valence-electron chi connectivity index (χ2n) is 8.82. The van der Waals surface area contributed by atoms with E-state index in [1.165, 1.54) is 0 Å². The summed E-state index contributed by atoms with van der Waals surface area (Å²) in [5, 5.41) is 7.11. The highest BCUT2D eigenvalue weighted by Crippen LogP contribution is 2.39. The summed E-state index contributed by atoms with van der Waals surface area (Å²) in [5.41, 5.74) is 4.83. The highest BCUT2D eigenvalue weighted by Gasteiger charge is 2.41. The first-order valence-electron chi connectivity index (χ1n) is 12.0. The Morgan fingerprint density at radius 3 is 2.53 bits per heavy atom. The minimum atomic E-state index is -0.143. The van der Waals surface area contributed by atoms with Crippen LogP contribution in [0.5, 0.6) is 0 Å². The molecule has 1 amide bonds. The fourth-order valence-corrected chi connectivity index (χ4v) is 4.95. The summed E-state index contributed by atoms with van der Waals surface area (Å²) in [6.45, 7) is 3.10. The molecule has 182 valence electrons. The second kappa shape index (κ2) is 10.7. The molecule has 7 nitrogen and oxygen atoms in total. The van der Waals surface area contributed by atoms with Gasteiger partial charge in [-0.1, -0.05) is 30.3 Å². The van der Waals surface area contributed by atoms with Crippen LogP contribution in [0, 0.1) is 6.92 Å². The van der Waals surface area contributed by atoms with Gasteiger partial charge in [-0.2, -0.15) is 0 Å². The average molecular weight is 497 g/mol. The number of benzene rings is 1. The number of pyridine rings is 2. The molecule has 2 N–H and O–H groups in total. The molecule has 2 atom stereocenters. The van der Waals surface area contributed by atoms with Crippen LogP contribution in [-0.2, 0) is 11.3 Å². The minimum absolute atomic E-state index is 0.0454. The summed E-state index contributed by atoms with van der Waals surface area (Å²) in [7, 11) is 0. The first kappa shape index (κ1) is 23.7. The summed E-state index contributed by atoms with van der Waals surface area (Å²) in [4.78, 5) is 24.1. The third-order valence-corrected chi connectivity index (χ3v) is 6.78. The number of nitrogens with zero attached hydrogens (tertiary/aromatic N) is 4. The van der Waals surface area contributed by atoms with Gasteiger partial charge in [-0.15, -0.1) is 0 Å². The lowest BCUT2D eigenvalue weighted by atomic mass is 10.0. The molecule has 2 unspecified atom stereocenters. The number of nitrogens with one attached hydrogen (secondary N) is 2. The smallest absolute Gasteiger partial charge is 0.226 e. The number of carbonyl (C=O) groups is 1. The van der Waals surface area contributed by atoms with Crippen LogP contribution < -0.4 is 10.6 Å². The van der Waals surface area contributed by atoms with Gasteiger partial charge in [-0.25, -0.2) is 0 Å². The summed E-state index contributed by atoms with van der Waals surface area (Å²) >= 11 is 5.78. The molecule has 3 aromatic heterocycles. The van der Waals surface area contributed by atoms with E-state index < -0.39 is 0 Å². The molecular weight excluding hydrogens is 468 g/mol. The van der Waals surface area contributed by atoms with Crippen molar-refractivity contribution in [3.63, 3.8) is 0 Å². The zero-order valence-corrected chi connectivity index (χ0v) is 20.9. The third kappa shape index (κ3) is 5.13. The largest absolute Gasteiger partial charge is 0.352 e. The van der Waals surface area contributed by atoms with Crippen molar-refractivity contribution in [3.8, 4) is 0 Å². The maximum atomic E-state index is 12.9. The van der Waals surface area contributed by atoms with E-state index in [0.717, 1.165) is 28.3 Å². The minimum Gasteiger partial charge on any atom is -0.352 e. The number of rotatable bonds is 8. The van der Waals surface area contributed by atoms with E-state index in [1.54, 1.807) is 12.4 Å². The summed E-state index contributed by atoms with van der Waals surface area (Å²) in [5.74, 6) is -0.0454. The van der Waals surface area contributed by atoms with Crippen LogP contribution in [0.25, 0.3) is 0 Å². The fraction of sp³-hybridized carbons (Fsp3) is 0.214. The lowest BCUT2D eigenvalue weighted by molar-refractivity contribution is -0.116. The van der Waals surface area contributed by atoms with Gasteiger partial charge in [-0.05, 0) is 67.2 Å². The molecular formula is C28H28N6OS. The first-order valence-corrected chi connectivity index (χ1v) is 12.4. The van der Waals surface area contributed by atoms with Crippen molar-refractivity contribution >= 4 is 28.9 Å². The molecule has 1 aromatic carbocycles. The van der Waals surface area contributed by atoms with Crippen molar-refractivity contribution in [1.29, 1.82) is 0 Å². The van der Waals surface area contributed by atoms with Crippen LogP contribution in [0.2, 0.25) is 0 Å². The Labute approximate surface area is 216 Å². The Bertz CT molecular complexity index is 1340. The molecule has 0 radical (unpaired) electrons. The van der Waals surface area contributed by atoms with Crippen molar-refractivity contribution < 1.29 is 4.79 Å². The molecule has 1 saturated heterocycles. The van der Waals surface area contributed by atoms with Crippen molar-refractivity contribution in [3.05, 3.63) is 114 Å². The normalized spacial score (nSPS) is 17.1. The zero-order chi connectivity index (χ0) is 24.9. The highest BCUT2D eigenvalue weighted by atomic mass is 32.1. The molecule has 5 rings (SSSR count). The SMILES string of the molecule is Cc1ccccc1NC(=O)CCN1C(=S)NC(c2ccccn2)C1c1cccn1Cc1ccccn1. The second-order valence-corrected chi connectivity index (χ2v) is 9.20. The number of hydrogen-bond acceptors (Lipinski definition) is 4. The van der Waals surface area contributed by atoms with Crippen LogP contribution in [0.4, 0.5) is 5.69 Å². The molecule has 4 aromatic rings. The van der Waals surface area contributed by atoms with Crippen LogP contribution in [0.15, 0.2) is 91.4 Å². The Morgan fingerprint density at radius 2 is 1.78 bits per heavy atom. The van der Waals surface area contributed by atoms with Crippen LogP contribution in [0.3, 0.4) is 0 Å². The topological polar surface area (TPSA) is 75.1 Å². The molecule has 36 heavy (non-hydrogen) atoms. The molecule has 0 saturated carbocycles. The van der Waals surface area contributed by atoms with Gasteiger partial charge in [0.1, 0.15) is 0 Å². The number of anilines is 1. The Morgan fingerprint density at radius 1 is 1.00 bits per heavy atom. The molecule has 1 aliphatic heterocycles. The third-order valence-electron chi connectivity index (χ3n) is 6.42. The molecule has 1 fully saturated rings. The van der Waals surface area contributed by atoms with Gasteiger partial charge in [0.05, 0.1) is 30.0 Å². The van der Waals surface area contributed by atoms with Gasteiger partial charge < -0.3 is 20.1 Å². The quantitative estimate of drug-likeness (QED) is 0.346. The highest BCUT2D eigenvalue weighted by molar-refractivity contribution is 7.80. The number of aryl methyl sites for hydroxylation is 1. The number of para-hydroxylation sites is 1. The predicted molar refractivity (Wildman–Crippen MR) is 144 cm³/mol. The monoisotopic (exact) mass is 496 g/mol. The lowest BCUT2D eigenvalue weighted by Crippen LogP contribution is -2.33. The molecule has 0 aliphatic carbocycles. The van der Waals surface area contributed by atoms with Crippen LogP contribution in [0.1, 0.15) is 41.1 Å². The maximum Gasteiger partial charge on any atom is 0.226 e. The van der Waals surface area contributed by atoms with E-state index in [1.807, 2.05) is 73.7 Å². The summed E-state index contributed by atoms with van der Waals surface area (Å²) < 4.78 is 2.19. The van der Waals surface area contributed by atoms with Crippen LogP contribution in [-0.4, -0.2) is 37.0 Å². The van der Waals surface area contributed by atoms with Gasteiger partial charge in [0.15, 0.2) is 5.11 Å². The van der Waals surface area contributed by atoms with E-state index in [2.05, 4.69) is 42.3 Å². The molecule has 4 heterocycles. The number of amides is 1.